The Labute approximate surface area is 153 Å². The zero-order valence-electron chi connectivity index (χ0n) is 13.5. The molecule has 3 rings (SSSR count). The quantitative estimate of drug-likeness (QED) is 0.731. The third-order valence-corrected chi connectivity index (χ3v) is 5.17. The largest absolute Gasteiger partial charge is 0.497 e. The van der Waals surface area contributed by atoms with Gasteiger partial charge in [-0.25, -0.2) is 0 Å². The highest BCUT2D eigenvalue weighted by Crippen LogP contribution is 2.27. The summed E-state index contributed by atoms with van der Waals surface area (Å²) in [5, 5.41) is 4.71. The number of amidine groups is 1. The van der Waals surface area contributed by atoms with Gasteiger partial charge in [0.2, 0.25) is 0 Å². The van der Waals surface area contributed by atoms with Crippen molar-refractivity contribution in [3.8, 4) is 11.5 Å². The summed E-state index contributed by atoms with van der Waals surface area (Å²) in [4.78, 5) is 4.80. The summed E-state index contributed by atoms with van der Waals surface area (Å²) in [6.07, 6.45) is 6.23. The summed E-state index contributed by atoms with van der Waals surface area (Å²) >= 11 is 1.83. The highest BCUT2D eigenvalue weighted by Gasteiger charge is 2.30. The van der Waals surface area contributed by atoms with Crippen molar-refractivity contribution in [3.63, 3.8) is 0 Å². The number of halogens is 1. The van der Waals surface area contributed by atoms with Gasteiger partial charge in [0.15, 0.2) is 5.17 Å². The minimum Gasteiger partial charge on any atom is -0.497 e. The second-order valence-electron chi connectivity index (χ2n) is 5.76. The van der Waals surface area contributed by atoms with Crippen LogP contribution in [-0.4, -0.2) is 36.7 Å². The molecule has 0 bridgehead atoms. The maximum atomic E-state index is 5.74. The van der Waals surface area contributed by atoms with Crippen molar-refractivity contribution in [2.75, 3.05) is 19.5 Å². The average Bonchev–Trinajstić information content (AvgIpc) is 2.98. The van der Waals surface area contributed by atoms with Gasteiger partial charge in [0.1, 0.15) is 11.5 Å². The summed E-state index contributed by atoms with van der Waals surface area (Å²) in [5.74, 6) is 2.80. The first-order valence-corrected chi connectivity index (χ1v) is 9.08. The SMILES string of the molecule is Br.COc1ccc(OCCCSC2=NC3CCCCC3N2)cc1. The number of methoxy groups -OCH3 is 1. The number of hydrogen-bond acceptors (Lipinski definition) is 5. The lowest BCUT2D eigenvalue weighted by molar-refractivity contribution is 0.318. The molecule has 1 aliphatic heterocycles. The van der Waals surface area contributed by atoms with Crippen LogP contribution in [0.5, 0.6) is 11.5 Å². The molecule has 0 spiro atoms. The van der Waals surface area contributed by atoms with E-state index in [-0.39, 0.29) is 17.0 Å². The van der Waals surface area contributed by atoms with Crippen LogP contribution in [0, 0.1) is 0 Å². The van der Waals surface area contributed by atoms with Gasteiger partial charge in [-0.05, 0) is 43.5 Å². The van der Waals surface area contributed by atoms with Gasteiger partial charge in [-0.1, -0.05) is 24.6 Å². The number of thioether (sulfide) groups is 1. The molecule has 0 saturated heterocycles. The predicted molar refractivity (Wildman–Crippen MR) is 103 cm³/mol. The topological polar surface area (TPSA) is 42.9 Å². The van der Waals surface area contributed by atoms with Crippen molar-refractivity contribution in [1.82, 2.24) is 5.32 Å². The lowest BCUT2D eigenvalue weighted by atomic mass is 9.92. The van der Waals surface area contributed by atoms with Crippen molar-refractivity contribution in [3.05, 3.63) is 24.3 Å². The van der Waals surface area contributed by atoms with E-state index in [1.54, 1.807) is 7.11 Å². The van der Waals surface area contributed by atoms with Crippen LogP contribution in [0.15, 0.2) is 29.3 Å². The highest BCUT2D eigenvalue weighted by atomic mass is 79.9. The normalized spacial score (nSPS) is 22.4. The van der Waals surface area contributed by atoms with Gasteiger partial charge >= 0.3 is 0 Å². The molecule has 6 heteroatoms. The minimum absolute atomic E-state index is 0. The van der Waals surface area contributed by atoms with E-state index < -0.39 is 0 Å². The Morgan fingerprint density at radius 2 is 1.91 bits per heavy atom. The Morgan fingerprint density at radius 1 is 1.17 bits per heavy atom. The van der Waals surface area contributed by atoms with Crippen molar-refractivity contribution in [1.29, 1.82) is 0 Å². The summed E-state index contributed by atoms with van der Waals surface area (Å²) in [7, 11) is 1.67. The molecule has 1 aliphatic carbocycles. The molecule has 4 nitrogen and oxygen atoms in total. The number of aliphatic imine (C=N–C) groups is 1. The maximum Gasteiger partial charge on any atom is 0.157 e. The minimum atomic E-state index is 0. The third-order valence-electron chi connectivity index (χ3n) is 4.18. The van der Waals surface area contributed by atoms with Gasteiger partial charge in [-0.3, -0.25) is 4.99 Å². The molecule has 1 aromatic rings. The Morgan fingerprint density at radius 3 is 2.65 bits per heavy atom. The zero-order valence-corrected chi connectivity index (χ0v) is 16.0. The molecule has 2 unspecified atom stereocenters. The molecule has 0 aromatic heterocycles. The second-order valence-corrected chi connectivity index (χ2v) is 6.85. The lowest BCUT2D eigenvalue weighted by Gasteiger charge is -2.23. The summed E-state index contributed by atoms with van der Waals surface area (Å²) in [6.45, 7) is 0.736. The number of rotatable bonds is 6. The Balaban J connectivity index is 0.00000192. The molecule has 1 N–H and O–H groups in total. The van der Waals surface area contributed by atoms with Crippen LogP contribution in [-0.2, 0) is 0 Å². The van der Waals surface area contributed by atoms with E-state index in [9.17, 15) is 0 Å². The van der Waals surface area contributed by atoms with Gasteiger partial charge in [0, 0.05) is 5.75 Å². The number of ether oxygens (including phenoxy) is 2. The van der Waals surface area contributed by atoms with Crippen LogP contribution in [0.25, 0.3) is 0 Å². The van der Waals surface area contributed by atoms with Gasteiger partial charge < -0.3 is 14.8 Å². The van der Waals surface area contributed by atoms with Crippen LogP contribution in [0.3, 0.4) is 0 Å². The third kappa shape index (κ3) is 5.31. The summed E-state index contributed by atoms with van der Waals surface area (Å²) in [6, 6.07) is 8.86. The second kappa shape index (κ2) is 9.42. The number of nitrogens with one attached hydrogen (secondary N) is 1. The summed E-state index contributed by atoms with van der Waals surface area (Å²) in [5.41, 5.74) is 0. The van der Waals surface area contributed by atoms with Crippen molar-refractivity contribution in [2.45, 2.75) is 44.2 Å². The Kier molecular flexibility index (Phi) is 7.56. The van der Waals surface area contributed by atoms with Gasteiger partial charge in [-0.2, -0.15) is 0 Å². The first-order valence-electron chi connectivity index (χ1n) is 8.09. The fraction of sp³-hybridized carbons (Fsp3) is 0.588. The molecular weight excluding hydrogens is 376 g/mol. The van der Waals surface area contributed by atoms with E-state index in [0.29, 0.717) is 12.1 Å². The number of nitrogens with zero attached hydrogens (tertiary/aromatic N) is 1. The summed E-state index contributed by atoms with van der Waals surface area (Å²) < 4.78 is 10.9. The molecule has 1 fully saturated rings. The van der Waals surface area contributed by atoms with Gasteiger partial charge in [0.05, 0.1) is 25.8 Å². The maximum absolute atomic E-state index is 5.74. The van der Waals surface area contributed by atoms with E-state index in [1.165, 1.54) is 25.7 Å². The van der Waals surface area contributed by atoms with E-state index in [1.807, 2.05) is 36.0 Å². The van der Waals surface area contributed by atoms with Crippen LogP contribution in [0.2, 0.25) is 0 Å². The fourth-order valence-electron chi connectivity index (χ4n) is 2.95. The standard InChI is InChI=1S/C17H24N2O2S.BrH/c1-20-13-7-9-14(10-8-13)21-11-4-12-22-17-18-15-5-2-3-6-16(15)19-17;/h7-10,15-16H,2-6,11-12H2,1H3,(H,18,19);1H. The van der Waals surface area contributed by atoms with Crippen LogP contribution >= 0.6 is 28.7 Å². The average molecular weight is 401 g/mol. The molecule has 1 aromatic carbocycles. The van der Waals surface area contributed by atoms with E-state index >= 15 is 0 Å². The number of fused-ring (bicyclic) bond motifs is 1. The smallest absolute Gasteiger partial charge is 0.157 e. The first-order chi connectivity index (χ1) is 10.8. The number of hydrogen-bond donors (Lipinski definition) is 1. The van der Waals surface area contributed by atoms with Crippen molar-refractivity contribution in [2.24, 2.45) is 4.99 Å². The first kappa shape index (κ1) is 18.5. The monoisotopic (exact) mass is 400 g/mol. The molecule has 1 saturated carbocycles. The lowest BCUT2D eigenvalue weighted by Crippen LogP contribution is -2.36. The van der Waals surface area contributed by atoms with E-state index in [4.69, 9.17) is 14.5 Å². The van der Waals surface area contributed by atoms with Gasteiger partial charge in [0.25, 0.3) is 0 Å². The molecule has 0 amide bonds. The molecule has 23 heavy (non-hydrogen) atoms. The van der Waals surface area contributed by atoms with Crippen LogP contribution < -0.4 is 14.8 Å². The van der Waals surface area contributed by atoms with E-state index in [0.717, 1.165) is 35.4 Å². The van der Waals surface area contributed by atoms with Crippen LogP contribution in [0.4, 0.5) is 0 Å². The van der Waals surface area contributed by atoms with Crippen molar-refractivity contribution >= 4 is 33.9 Å². The van der Waals surface area contributed by atoms with E-state index in [2.05, 4.69) is 5.32 Å². The molecule has 1 heterocycles. The molecular formula is C17H25BrN2O2S. The number of benzene rings is 1. The van der Waals surface area contributed by atoms with Crippen LogP contribution in [0.1, 0.15) is 32.1 Å². The molecule has 0 radical (unpaired) electrons. The highest BCUT2D eigenvalue weighted by molar-refractivity contribution is 8.93. The van der Waals surface area contributed by atoms with Gasteiger partial charge in [-0.15, -0.1) is 17.0 Å². The predicted octanol–water partition coefficient (Wildman–Crippen LogP) is 4.05. The van der Waals surface area contributed by atoms with Crippen molar-refractivity contribution < 1.29 is 9.47 Å². The molecule has 2 atom stereocenters. The Bertz CT molecular complexity index is 510. The fourth-order valence-corrected chi connectivity index (χ4v) is 3.85. The molecule has 128 valence electrons. The Hall–Kier alpha value is -0.880. The molecule has 2 aliphatic rings. The zero-order chi connectivity index (χ0) is 15.2.